The summed E-state index contributed by atoms with van der Waals surface area (Å²) in [7, 11) is 0. The molecule has 2 aliphatic heterocycles. The largest absolute Gasteiger partial charge is 0.334 e. The molecule has 4 rings (SSSR count). The summed E-state index contributed by atoms with van der Waals surface area (Å²) in [4.78, 5) is 25.5. The van der Waals surface area contributed by atoms with Crippen LogP contribution in [0.4, 0.5) is 4.39 Å². The number of rotatable bonds is 3. The summed E-state index contributed by atoms with van der Waals surface area (Å²) in [6.07, 6.45) is 7.85. The van der Waals surface area contributed by atoms with Crippen LogP contribution >= 0.6 is 0 Å². The van der Waals surface area contributed by atoms with Gasteiger partial charge in [0.05, 0.1) is 6.20 Å². The lowest BCUT2D eigenvalue weighted by molar-refractivity contribution is 0.0180. The van der Waals surface area contributed by atoms with Crippen molar-refractivity contribution in [3.63, 3.8) is 0 Å². The summed E-state index contributed by atoms with van der Waals surface area (Å²) < 4.78 is 13.1. The fourth-order valence-corrected chi connectivity index (χ4v) is 4.28. The smallest absolute Gasteiger partial charge is 0.274 e. The number of fused-ring (bicyclic) bond motifs is 1. The predicted octanol–water partition coefficient (Wildman–Crippen LogP) is 2.74. The standard InChI is InChI=1S/C20H23FN4O/c21-17-5-3-15(4-6-17)13-24-11-7-19-16(14-24)2-1-10-25(19)20(26)18-12-22-8-9-23-18/h3-6,8-9,12,16,19H,1-2,7,10-11,13-14H2/t16-,19-/m1/s1. The number of benzene rings is 1. The minimum absolute atomic E-state index is 0.000199. The van der Waals surface area contributed by atoms with Crippen molar-refractivity contribution in [3.8, 4) is 0 Å². The van der Waals surface area contributed by atoms with Gasteiger partial charge in [-0.1, -0.05) is 12.1 Å². The lowest BCUT2D eigenvalue weighted by Crippen LogP contribution is -2.55. The molecule has 0 bridgehead atoms. The van der Waals surface area contributed by atoms with Crippen LogP contribution in [0.1, 0.15) is 35.3 Å². The highest BCUT2D eigenvalue weighted by molar-refractivity contribution is 5.92. The second kappa shape index (κ2) is 7.50. The summed E-state index contributed by atoms with van der Waals surface area (Å²) in [6.45, 7) is 3.56. The number of nitrogens with zero attached hydrogens (tertiary/aromatic N) is 4. The average molecular weight is 354 g/mol. The van der Waals surface area contributed by atoms with Crippen LogP contribution in [0, 0.1) is 11.7 Å². The number of hydrogen-bond acceptors (Lipinski definition) is 4. The number of amides is 1. The van der Waals surface area contributed by atoms with E-state index in [-0.39, 0.29) is 17.8 Å². The molecule has 0 radical (unpaired) electrons. The first-order valence-electron chi connectivity index (χ1n) is 9.24. The van der Waals surface area contributed by atoms with Gasteiger partial charge < -0.3 is 4.90 Å². The van der Waals surface area contributed by atoms with Crippen molar-refractivity contribution in [2.45, 2.75) is 31.8 Å². The summed E-state index contributed by atoms with van der Waals surface area (Å²) in [5.74, 6) is 0.288. The maximum atomic E-state index is 13.1. The number of aromatic nitrogens is 2. The van der Waals surface area contributed by atoms with E-state index < -0.39 is 0 Å². The van der Waals surface area contributed by atoms with E-state index in [1.807, 2.05) is 17.0 Å². The van der Waals surface area contributed by atoms with E-state index in [4.69, 9.17) is 0 Å². The van der Waals surface area contributed by atoms with Crippen molar-refractivity contribution in [3.05, 3.63) is 59.9 Å². The van der Waals surface area contributed by atoms with E-state index in [0.29, 0.717) is 11.6 Å². The monoisotopic (exact) mass is 354 g/mol. The molecule has 2 aromatic rings. The number of likely N-dealkylation sites (tertiary alicyclic amines) is 2. The van der Waals surface area contributed by atoms with Crippen LogP contribution in [0.3, 0.4) is 0 Å². The maximum absolute atomic E-state index is 13.1. The summed E-state index contributed by atoms with van der Waals surface area (Å²) in [6, 6.07) is 7.02. The van der Waals surface area contributed by atoms with Gasteiger partial charge in [0.1, 0.15) is 11.5 Å². The minimum atomic E-state index is -0.196. The highest BCUT2D eigenvalue weighted by Gasteiger charge is 2.38. The molecular formula is C20H23FN4O. The molecular weight excluding hydrogens is 331 g/mol. The number of halogens is 1. The zero-order valence-electron chi connectivity index (χ0n) is 14.7. The highest BCUT2D eigenvalue weighted by Crippen LogP contribution is 2.32. The quantitative estimate of drug-likeness (QED) is 0.850. The Balaban J connectivity index is 1.42. The number of piperidine rings is 2. The molecule has 2 aliphatic rings. The van der Waals surface area contributed by atoms with Crippen LogP contribution in [0.2, 0.25) is 0 Å². The Morgan fingerprint density at radius 2 is 2.00 bits per heavy atom. The molecule has 0 spiro atoms. The van der Waals surface area contributed by atoms with Gasteiger partial charge in [0.25, 0.3) is 5.91 Å². The zero-order valence-corrected chi connectivity index (χ0v) is 14.7. The van der Waals surface area contributed by atoms with Crippen LogP contribution in [0.15, 0.2) is 42.9 Å². The predicted molar refractivity (Wildman–Crippen MR) is 95.9 cm³/mol. The fraction of sp³-hybridized carbons (Fsp3) is 0.450. The summed E-state index contributed by atoms with van der Waals surface area (Å²) in [5.41, 5.74) is 1.56. The lowest BCUT2D eigenvalue weighted by atomic mass is 9.83. The van der Waals surface area contributed by atoms with Crippen molar-refractivity contribution in [1.82, 2.24) is 19.8 Å². The minimum Gasteiger partial charge on any atom is -0.334 e. The molecule has 0 saturated carbocycles. The SMILES string of the molecule is O=C(c1cnccn1)N1CCC[C@@H]2CN(Cc3ccc(F)cc3)CC[C@H]21. The molecule has 1 amide bonds. The number of carbonyl (C=O) groups excluding carboxylic acids is 1. The summed E-state index contributed by atoms with van der Waals surface area (Å²) in [5, 5.41) is 0. The van der Waals surface area contributed by atoms with Crippen molar-refractivity contribution in [2.75, 3.05) is 19.6 Å². The van der Waals surface area contributed by atoms with Gasteiger partial charge in [0.2, 0.25) is 0 Å². The third kappa shape index (κ3) is 3.60. The molecule has 0 aliphatic carbocycles. The Kier molecular flexibility index (Phi) is 4.93. The molecule has 2 atom stereocenters. The number of hydrogen-bond donors (Lipinski definition) is 0. The zero-order chi connectivity index (χ0) is 17.9. The lowest BCUT2D eigenvalue weighted by Gasteiger charge is -2.47. The van der Waals surface area contributed by atoms with Crippen LogP contribution in [0.25, 0.3) is 0 Å². The normalized spacial score (nSPS) is 23.5. The van der Waals surface area contributed by atoms with E-state index in [1.54, 1.807) is 18.6 Å². The molecule has 3 heterocycles. The van der Waals surface area contributed by atoms with Gasteiger partial charge in [-0.2, -0.15) is 0 Å². The summed E-state index contributed by atoms with van der Waals surface area (Å²) >= 11 is 0. The molecule has 136 valence electrons. The Bertz CT molecular complexity index is 752. The van der Waals surface area contributed by atoms with Crippen LogP contribution < -0.4 is 0 Å². The van der Waals surface area contributed by atoms with Gasteiger partial charge in [0.15, 0.2) is 0 Å². The molecule has 5 nitrogen and oxygen atoms in total. The van der Waals surface area contributed by atoms with Crippen molar-refractivity contribution >= 4 is 5.91 Å². The topological polar surface area (TPSA) is 49.3 Å². The van der Waals surface area contributed by atoms with Gasteiger partial charge >= 0.3 is 0 Å². The van der Waals surface area contributed by atoms with Crippen molar-refractivity contribution in [2.24, 2.45) is 5.92 Å². The van der Waals surface area contributed by atoms with Gasteiger partial charge in [-0.05, 0) is 42.9 Å². The van der Waals surface area contributed by atoms with E-state index >= 15 is 0 Å². The Labute approximate surface area is 152 Å². The number of carbonyl (C=O) groups is 1. The fourth-order valence-electron chi connectivity index (χ4n) is 4.28. The van der Waals surface area contributed by atoms with Gasteiger partial charge in [-0.3, -0.25) is 14.7 Å². The molecule has 6 heteroatoms. The second-order valence-electron chi connectivity index (χ2n) is 7.21. The molecule has 0 unspecified atom stereocenters. The van der Waals surface area contributed by atoms with E-state index in [2.05, 4.69) is 14.9 Å². The van der Waals surface area contributed by atoms with E-state index in [9.17, 15) is 9.18 Å². The van der Waals surface area contributed by atoms with Gasteiger partial charge in [0, 0.05) is 44.6 Å². The molecule has 2 saturated heterocycles. The van der Waals surface area contributed by atoms with Crippen molar-refractivity contribution in [1.29, 1.82) is 0 Å². The molecule has 1 aromatic heterocycles. The molecule has 1 aromatic carbocycles. The Morgan fingerprint density at radius 1 is 1.15 bits per heavy atom. The third-order valence-electron chi connectivity index (χ3n) is 5.51. The highest BCUT2D eigenvalue weighted by atomic mass is 19.1. The Hall–Kier alpha value is -2.34. The second-order valence-corrected chi connectivity index (χ2v) is 7.21. The van der Waals surface area contributed by atoms with Crippen LogP contribution in [-0.4, -0.2) is 51.4 Å². The first-order chi connectivity index (χ1) is 12.7. The van der Waals surface area contributed by atoms with Crippen molar-refractivity contribution < 1.29 is 9.18 Å². The van der Waals surface area contributed by atoms with Gasteiger partial charge in [-0.15, -0.1) is 0 Å². The Morgan fingerprint density at radius 3 is 2.77 bits per heavy atom. The van der Waals surface area contributed by atoms with Crippen LogP contribution in [0.5, 0.6) is 0 Å². The molecule has 2 fully saturated rings. The maximum Gasteiger partial charge on any atom is 0.274 e. The first kappa shape index (κ1) is 17.1. The average Bonchev–Trinajstić information content (AvgIpc) is 2.69. The first-order valence-corrected chi connectivity index (χ1v) is 9.24. The van der Waals surface area contributed by atoms with Crippen LogP contribution in [-0.2, 0) is 6.54 Å². The third-order valence-corrected chi connectivity index (χ3v) is 5.51. The van der Waals surface area contributed by atoms with Gasteiger partial charge in [-0.25, -0.2) is 9.37 Å². The van der Waals surface area contributed by atoms with E-state index in [1.165, 1.54) is 12.1 Å². The molecule has 0 N–H and O–H groups in total. The molecule has 26 heavy (non-hydrogen) atoms. The van der Waals surface area contributed by atoms with E-state index in [0.717, 1.165) is 51.0 Å².